The average Bonchev–Trinajstić information content (AvgIpc) is 2.90. The van der Waals surface area contributed by atoms with Crippen LogP contribution in [0.25, 0.3) is 11.1 Å². The molecule has 0 nitrogen and oxygen atoms in total. The molecule has 22 heavy (non-hydrogen) atoms. The van der Waals surface area contributed by atoms with Gasteiger partial charge in [-0.15, -0.1) is 0 Å². The standard InChI is InChI=1S/C13H9.2C4H9.Nb/c1-3-7-12-10(5-1)9-11-6-2-4-8-13(11)12;2*1-3-4-2;/h1-9H;2*1,3-4H2,2H3;. The molecule has 0 aromatic heterocycles. The molecule has 0 bridgehead atoms. The molecule has 1 aliphatic carbocycles. The number of rotatable bonds is 7. The van der Waals surface area contributed by atoms with Crippen LogP contribution in [0.4, 0.5) is 0 Å². The molecular formula is C21H27Nb. The third kappa shape index (κ3) is 3.11. The van der Waals surface area contributed by atoms with Crippen LogP contribution >= 0.6 is 0 Å². The van der Waals surface area contributed by atoms with Crippen molar-refractivity contribution in [1.29, 1.82) is 0 Å². The zero-order chi connectivity index (χ0) is 15.4. The van der Waals surface area contributed by atoms with Crippen molar-refractivity contribution in [3.8, 4) is 11.1 Å². The normalized spacial score (nSPS) is 13.4. The molecule has 0 radical (unpaired) electrons. The van der Waals surface area contributed by atoms with E-state index in [4.69, 9.17) is 0 Å². The Morgan fingerprint density at radius 1 is 0.727 bits per heavy atom. The molecule has 2 aromatic rings. The van der Waals surface area contributed by atoms with Crippen molar-refractivity contribution >= 4 is 0 Å². The summed E-state index contributed by atoms with van der Waals surface area (Å²) in [6.07, 6.45) is 5.58. The predicted molar refractivity (Wildman–Crippen MR) is 93.2 cm³/mol. The maximum absolute atomic E-state index is 2.41. The molecule has 0 N–H and O–H groups in total. The average molecular weight is 372 g/mol. The summed E-state index contributed by atoms with van der Waals surface area (Å²) in [7, 11) is 0. The quantitative estimate of drug-likeness (QED) is 0.468. The molecule has 0 saturated carbocycles. The van der Waals surface area contributed by atoms with E-state index in [9.17, 15) is 0 Å². The van der Waals surface area contributed by atoms with Gasteiger partial charge in [0.2, 0.25) is 0 Å². The van der Waals surface area contributed by atoms with Crippen molar-refractivity contribution in [3.63, 3.8) is 0 Å². The fraction of sp³-hybridized carbons (Fsp3) is 0.429. The Bertz CT molecular complexity index is 563. The summed E-state index contributed by atoms with van der Waals surface area (Å²) < 4.78 is 3.90. The monoisotopic (exact) mass is 372 g/mol. The molecule has 0 aliphatic heterocycles. The zero-order valence-corrected chi connectivity index (χ0v) is 16.1. The maximum atomic E-state index is 2.41. The fourth-order valence-corrected chi connectivity index (χ4v) is 12.0. The van der Waals surface area contributed by atoms with E-state index in [1.165, 1.54) is 36.8 Å². The second kappa shape index (κ2) is 7.64. The van der Waals surface area contributed by atoms with Gasteiger partial charge in [0.15, 0.2) is 0 Å². The first kappa shape index (κ1) is 16.1. The molecule has 2 aromatic carbocycles. The summed E-state index contributed by atoms with van der Waals surface area (Å²) in [5, 5.41) is 0. The van der Waals surface area contributed by atoms with E-state index in [1.54, 1.807) is 20.4 Å². The molecular weight excluding hydrogens is 345 g/mol. The summed E-state index contributed by atoms with van der Waals surface area (Å²) in [5.41, 5.74) is 6.34. The first-order valence-electron chi connectivity index (χ1n) is 8.79. The topological polar surface area (TPSA) is 0 Å². The first-order chi connectivity index (χ1) is 10.9. The molecule has 0 saturated heterocycles. The SMILES string of the molecule is CCC[CH2][Nb]([CH2]CCC)[CH]1c2ccccc2-c2ccccc21. The molecule has 0 heterocycles. The second-order valence-electron chi connectivity index (χ2n) is 6.32. The Morgan fingerprint density at radius 3 is 1.64 bits per heavy atom. The van der Waals surface area contributed by atoms with Crippen LogP contribution in [-0.4, -0.2) is 0 Å². The van der Waals surface area contributed by atoms with E-state index >= 15 is 0 Å². The van der Waals surface area contributed by atoms with Crippen LogP contribution in [0.3, 0.4) is 0 Å². The summed E-state index contributed by atoms with van der Waals surface area (Å²) in [4.78, 5) is 0. The van der Waals surface area contributed by atoms with Gasteiger partial charge in [-0.05, 0) is 0 Å². The van der Waals surface area contributed by atoms with Crippen LogP contribution in [0.2, 0.25) is 9.28 Å². The Morgan fingerprint density at radius 2 is 1.18 bits per heavy atom. The van der Waals surface area contributed by atoms with Crippen LogP contribution in [0, 0.1) is 0 Å². The predicted octanol–water partition coefficient (Wildman–Crippen LogP) is 6.81. The zero-order valence-electron chi connectivity index (χ0n) is 13.9. The molecule has 3 rings (SSSR count). The number of hydrogen-bond donors (Lipinski definition) is 0. The van der Waals surface area contributed by atoms with Crippen molar-refractivity contribution in [3.05, 3.63) is 59.7 Å². The number of fused-ring (bicyclic) bond motifs is 3. The van der Waals surface area contributed by atoms with Gasteiger partial charge in [0.05, 0.1) is 0 Å². The van der Waals surface area contributed by atoms with Crippen LogP contribution < -0.4 is 0 Å². The van der Waals surface area contributed by atoms with Gasteiger partial charge < -0.3 is 0 Å². The summed E-state index contributed by atoms with van der Waals surface area (Å²) in [6.45, 7) is 4.68. The first-order valence-corrected chi connectivity index (χ1v) is 13.2. The molecule has 116 valence electrons. The summed E-state index contributed by atoms with van der Waals surface area (Å²) >= 11 is -1.30. The van der Waals surface area contributed by atoms with Crippen molar-refractivity contribution in [1.82, 2.24) is 0 Å². The fourth-order valence-electron chi connectivity index (χ4n) is 3.61. The van der Waals surface area contributed by atoms with Crippen molar-refractivity contribution in [2.24, 2.45) is 0 Å². The van der Waals surface area contributed by atoms with E-state index in [-0.39, 0.29) is 0 Å². The number of benzene rings is 2. The van der Waals surface area contributed by atoms with Crippen molar-refractivity contribution < 1.29 is 18.4 Å². The van der Waals surface area contributed by atoms with Gasteiger partial charge >= 0.3 is 142 Å². The Balaban J connectivity index is 1.99. The van der Waals surface area contributed by atoms with Crippen LogP contribution in [0.15, 0.2) is 48.5 Å². The molecule has 1 heteroatoms. The van der Waals surface area contributed by atoms with Crippen molar-refractivity contribution in [2.75, 3.05) is 0 Å². The third-order valence-corrected chi connectivity index (χ3v) is 12.3. The van der Waals surface area contributed by atoms with Gasteiger partial charge in [-0.3, -0.25) is 0 Å². The Labute approximate surface area is 142 Å². The minimum atomic E-state index is -1.30. The van der Waals surface area contributed by atoms with Gasteiger partial charge in [-0.1, -0.05) is 0 Å². The van der Waals surface area contributed by atoms with Gasteiger partial charge in [-0.2, -0.15) is 0 Å². The van der Waals surface area contributed by atoms with Gasteiger partial charge in [-0.25, -0.2) is 0 Å². The van der Waals surface area contributed by atoms with Crippen LogP contribution in [0.1, 0.15) is 54.8 Å². The van der Waals surface area contributed by atoms with E-state index in [0.717, 1.165) is 4.14 Å². The van der Waals surface area contributed by atoms with Crippen molar-refractivity contribution in [2.45, 2.75) is 52.9 Å². The second-order valence-corrected chi connectivity index (χ2v) is 12.7. The molecule has 0 fully saturated rings. The molecule has 1 aliphatic rings. The molecule has 0 amide bonds. The number of unbranched alkanes of at least 4 members (excludes halogenated alkanes) is 2. The molecule has 0 spiro atoms. The van der Waals surface area contributed by atoms with E-state index in [0.29, 0.717) is 0 Å². The van der Waals surface area contributed by atoms with Gasteiger partial charge in [0, 0.05) is 0 Å². The third-order valence-electron chi connectivity index (χ3n) is 4.76. The van der Waals surface area contributed by atoms with E-state index in [1.807, 2.05) is 0 Å². The van der Waals surface area contributed by atoms with Gasteiger partial charge in [0.25, 0.3) is 0 Å². The van der Waals surface area contributed by atoms with Crippen LogP contribution in [-0.2, 0) is 18.4 Å². The summed E-state index contributed by atoms with van der Waals surface area (Å²) in [6, 6.07) is 18.4. The number of hydrogen-bond acceptors (Lipinski definition) is 0. The Hall–Kier alpha value is -0.820. The van der Waals surface area contributed by atoms with E-state index < -0.39 is 18.4 Å². The van der Waals surface area contributed by atoms with Gasteiger partial charge in [0.1, 0.15) is 0 Å². The minimum absolute atomic E-state index is 0.800. The summed E-state index contributed by atoms with van der Waals surface area (Å²) in [5.74, 6) is 0. The molecule has 0 unspecified atom stereocenters. The Kier molecular flexibility index (Phi) is 5.57. The van der Waals surface area contributed by atoms with Crippen LogP contribution in [0.5, 0.6) is 0 Å². The van der Waals surface area contributed by atoms with E-state index in [2.05, 4.69) is 62.4 Å². The molecule has 0 atom stereocenters.